The molecule has 4 aliphatic carbocycles. The van der Waals surface area contributed by atoms with Gasteiger partial charge in [-0.2, -0.15) is 0 Å². The van der Waals surface area contributed by atoms with Crippen LogP contribution in [0.4, 0.5) is 0 Å². The molecule has 6 aliphatic rings. The summed E-state index contributed by atoms with van der Waals surface area (Å²) >= 11 is 0. The van der Waals surface area contributed by atoms with E-state index >= 15 is 0 Å². The summed E-state index contributed by atoms with van der Waals surface area (Å²) in [6.45, 7) is 6.54. The number of ether oxygens (including phenoxy) is 3. The van der Waals surface area contributed by atoms with Crippen LogP contribution in [0.5, 0.6) is 0 Å². The third-order valence-electron chi connectivity index (χ3n) is 10.9. The number of methoxy groups -OCH3 is 1. The Hall–Kier alpha value is -1.93. The summed E-state index contributed by atoms with van der Waals surface area (Å²) in [5.74, 6) is -1.18. The summed E-state index contributed by atoms with van der Waals surface area (Å²) < 4.78 is 17.3. The van der Waals surface area contributed by atoms with Crippen LogP contribution in [0.15, 0.2) is 11.1 Å². The van der Waals surface area contributed by atoms with Crippen LogP contribution in [0, 0.1) is 40.4 Å². The molecule has 8 heteroatoms. The number of hydrogen-bond donors (Lipinski definition) is 1. The number of nitrogens with zero attached hydrogens (tertiary/aromatic N) is 1. The summed E-state index contributed by atoms with van der Waals surface area (Å²) in [5, 5.41) is 13.0. The largest absolute Gasteiger partial charge is 0.469 e. The SMILES string of the molecule is COC(=O)[C@@H]1C[C@]23C4=C(CC[C@H]5CN6C[C@H](C)[C@H](C[C@@H](OC(C)=O)[C@]52COC(C)=O)[C@]63O)CC[C@H]41. The van der Waals surface area contributed by atoms with Crippen LogP contribution in [0.25, 0.3) is 0 Å². The Morgan fingerprint density at radius 1 is 1.11 bits per heavy atom. The van der Waals surface area contributed by atoms with E-state index in [0.717, 1.165) is 32.2 Å². The zero-order chi connectivity index (χ0) is 24.9. The lowest BCUT2D eigenvalue weighted by atomic mass is 9.41. The van der Waals surface area contributed by atoms with Gasteiger partial charge in [0, 0.05) is 38.3 Å². The molecule has 0 amide bonds. The lowest BCUT2D eigenvalue weighted by molar-refractivity contribution is -0.334. The third kappa shape index (κ3) is 2.63. The molecule has 0 aromatic rings. The topological polar surface area (TPSA) is 102 Å². The Labute approximate surface area is 206 Å². The highest BCUT2D eigenvalue weighted by Crippen LogP contribution is 2.80. The zero-order valence-corrected chi connectivity index (χ0v) is 21.2. The average Bonchev–Trinajstić information content (AvgIpc) is 3.42. The maximum absolute atomic E-state index is 13.2. The molecule has 1 spiro atoms. The second-order valence-corrected chi connectivity index (χ2v) is 12.0. The smallest absolute Gasteiger partial charge is 0.309 e. The van der Waals surface area contributed by atoms with Crippen molar-refractivity contribution in [3.05, 3.63) is 11.1 Å². The fraction of sp³-hybridized carbons (Fsp3) is 0.815. The molecule has 6 rings (SSSR count). The molecular formula is C27H37NO7. The number of hydrogen-bond acceptors (Lipinski definition) is 8. The van der Waals surface area contributed by atoms with E-state index in [1.54, 1.807) is 0 Å². The van der Waals surface area contributed by atoms with Gasteiger partial charge in [0.05, 0.1) is 18.4 Å². The molecule has 192 valence electrons. The molecule has 2 saturated carbocycles. The van der Waals surface area contributed by atoms with Crippen molar-refractivity contribution in [3.63, 3.8) is 0 Å². The lowest BCUT2D eigenvalue weighted by Gasteiger charge is -2.70. The summed E-state index contributed by atoms with van der Waals surface area (Å²) in [4.78, 5) is 40.1. The van der Waals surface area contributed by atoms with Gasteiger partial charge in [-0.05, 0) is 56.3 Å². The first-order chi connectivity index (χ1) is 16.6. The maximum atomic E-state index is 13.2. The van der Waals surface area contributed by atoms with E-state index in [-0.39, 0.29) is 54.1 Å². The molecule has 0 aromatic heterocycles. The number of rotatable bonds is 4. The van der Waals surface area contributed by atoms with Gasteiger partial charge in [0.25, 0.3) is 0 Å². The molecular weight excluding hydrogens is 450 g/mol. The van der Waals surface area contributed by atoms with Crippen molar-refractivity contribution in [1.29, 1.82) is 0 Å². The van der Waals surface area contributed by atoms with E-state index in [4.69, 9.17) is 14.2 Å². The van der Waals surface area contributed by atoms with Gasteiger partial charge in [0.1, 0.15) is 18.4 Å². The van der Waals surface area contributed by atoms with Crippen LogP contribution in [0.3, 0.4) is 0 Å². The normalized spacial score (nSPS) is 47.2. The second kappa shape index (κ2) is 7.54. The summed E-state index contributed by atoms with van der Waals surface area (Å²) in [5.41, 5.74) is -0.258. The van der Waals surface area contributed by atoms with Crippen LogP contribution >= 0.6 is 0 Å². The first-order valence-corrected chi connectivity index (χ1v) is 13.2. The number of esters is 3. The monoisotopic (exact) mass is 487 g/mol. The number of carbonyl (C=O) groups excluding carboxylic acids is 3. The average molecular weight is 488 g/mol. The van der Waals surface area contributed by atoms with Crippen molar-refractivity contribution >= 4 is 17.9 Å². The van der Waals surface area contributed by atoms with E-state index in [1.165, 1.54) is 32.1 Å². The number of piperidine rings is 1. The molecule has 8 nitrogen and oxygen atoms in total. The van der Waals surface area contributed by atoms with Crippen molar-refractivity contribution in [2.24, 2.45) is 40.4 Å². The predicted molar refractivity (Wildman–Crippen MR) is 123 cm³/mol. The zero-order valence-electron chi connectivity index (χ0n) is 21.2. The summed E-state index contributed by atoms with van der Waals surface area (Å²) in [6, 6.07) is 0. The van der Waals surface area contributed by atoms with Gasteiger partial charge in [-0.15, -0.1) is 0 Å². The van der Waals surface area contributed by atoms with Crippen molar-refractivity contribution in [2.75, 3.05) is 26.8 Å². The quantitative estimate of drug-likeness (QED) is 0.367. The molecule has 0 radical (unpaired) electrons. The number of aliphatic hydroxyl groups is 1. The van der Waals surface area contributed by atoms with Gasteiger partial charge >= 0.3 is 17.9 Å². The fourth-order valence-corrected chi connectivity index (χ4v) is 10.1. The van der Waals surface area contributed by atoms with Crippen molar-refractivity contribution in [3.8, 4) is 0 Å². The molecule has 4 fully saturated rings. The predicted octanol–water partition coefficient (Wildman–Crippen LogP) is 2.44. The van der Waals surface area contributed by atoms with Crippen molar-refractivity contribution < 1.29 is 33.7 Å². The van der Waals surface area contributed by atoms with Gasteiger partial charge < -0.3 is 19.3 Å². The van der Waals surface area contributed by atoms with Crippen LogP contribution in [0.2, 0.25) is 0 Å². The Kier molecular flexibility index (Phi) is 5.06. The highest BCUT2D eigenvalue weighted by atomic mass is 16.6. The lowest BCUT2D eigenvalue weighted by Crippen LogP contribution is -2.79. The standard InChI is InChI=1S/C27H37NO7/c1-14-11-28-12-18-7-5-17-6-8-19-20(24(31)33-4)10-26(23(17)19)25(18,13-34-15(2)29)22(35-16(3)30)9-21(14)27(26,28)32/h14,18-22,32H,5-13H2,1-4H3/t14-,18-,19-,20+,21-,22+,25-,26-,27+/m0/s1. The van der Waals surface area contributed by atoms with E-state index in [9.17, 15) is 19.5 Å². The molecule has 2 saturated heterocycles. The van der Waals surface area contributed by atoms with Crippen LogP contribution < -0.4 is 0 Å². The first kappa shape index (κ1) is 23.5. The van der Waals surface area contributed by atoms with Crippen molar-refractivity contribution in [2.45, 2.75) is 71.1 Å². The Bertz CT molecular complexity index is 1020. The molecule has 1 N–H and O–H groups in total. The molecule has 35 heavy (non-hydrogen) atoms. The minimum Gasteiger partial charge on any atom is -0.469 e. The fourth-order valence-electron chi connectivity index (χ4n) is 10.1. The summed E-state index contributed by atoms with van der Waals surface area (Å²) in [7, 11) is 1.43. The van der Waals surface area contributed by atoms with Crippen LogP contribution in [-0.2, 0) is 28.6 Å². The molecule has 0 unspecified atom stereocenters. The van der Waals surface area contributed by atoms with Gasteiger partial charge in [-0.1, -0.05) is 18.1 Å². The summed E-state index contributed by atoms with van der Waals surface area (Å²) in [6.07, 6.45) is 4.06. The van der Waals surface area contributed by atoms with Crippen molar-refractivity contribution in [1.82, 2.24) is 4.90 Å². The number of carbonyl (C=O) groups is 3. The van der Waals surface area contributed by atoms with Gasteiger partial charge in [0.2, 0.25) is 0 Å². The molecule has 2 aliphatic heterocycles. The van der Waals surface area contributed by atoms with Gasteiger partial charge in [-0.25, -0.2) is 0 Å². The van der Waals surface area contributed by atoms with E-state index in [0.29, 0.717) is 19.4 Å². The Balaban J connectivity index is 1.67. The van der Waals surface area contributed by atoms with E-state index in [2.05, 4.69) is 11.8 Å². The van der Waals surface area contributed by atoms with E-state index in [1.807, 2.05) is 0 Å². The third-order valence-corrected chi connectivity index (χ3v) is 10.9. The van der Waals surface area contributed by atoms with Gasteiger partial charge in [0.15, 0.2) is 0 Å². The van der Waals surface area contributed by atoms with Crippen LogP contribution in [-0.4, -0.2) is 66.5 Å². The minimum absolute atomic E-state index is 0.00418. The van der Waals surface area contributed by atoms with Crippen LogP contribution in [0.1, 0.15) is 59.3 Å². The molecule has 0 aromatic carbocycles. The second-order valence-electron chi connectivity index (χ2n) is 12.0. The maximum Gasteiger partial charge on any atom is 0.309 e. The highest BCUT2D eigenvalue weighted by molar-refractivity contribution is 5.76. The van der Waals surface area contributed by atoms with E-state index < -0.39 is 22.7 Å². The number of allylic oxidation sites excluding steroid dienone is 1. The molecule has 9 atom stereocenters. The molecule has 2 heterocycles. The van der Waals surface area contributed by atoms with Gasteiger partial charge in [-0.3, -0.25) is 19.3 Å². The highest BCUT2D eigenvalue weighted by Gasteiger charge is 2.84. The first-order valence-electron chi connectivity index (χ1n) is 13.2. The molecule has 4 bridgehead atoms. The Morgan fingerprint density at radius 2 is 1.86 bits per heavy atom. The minimum atomic E-state index is -1.18. The Morgan fingerprint density at radius 3 is 2.54 bits per heavy atom.